The van der Waals surface area contributed by atoms with E-state index in [2.05, 4.69) is 31.2 Å². The molecular formula is C16H18N6O2. The largest absolute Gasteiger partial charge is 0.333 e. The third-order valence-corrected chi connectivity index (χ3v) is 3.45. The predicted molar refractivity (Wildman–Crippen MR) is 86.6 cm³/mol. The average Bonchev–Trinajstić information content (AvgIpc) is 2.61. The molecule has 4 N–H and O–H groups in total. The average molecular weight is 326 g/mol. The van der Waals surface area contributed by atoms with Gasteiger partial charge in [0.15, 0.2) is 0 Å². The van der Waals surface area contributed by atoms with Crippen LogP contribution in [-0.4, -0.2) is 22.0 Å². The zero-order valence-electron chi connectivity index (χ0n) is 13.0. The molecule has 1 aliphatic rings. The van der Waals surface area contributed by atoms with E-state index in [0.29, 0.717) is 26.2 Å². The monoisotopic (exact) mass is 326 g/mol. The third kappa shape index (κ3) is 4.42. The first-order valence-electron chi connectivity index (χ1n) is 7.62. The Morgan fingerprint density at radius 3 is 1.17 bits per heavy atom. The van der Waals surface area contributed by atoms with Crippen LogP contribution in [0.4, 0.5) is 9.59 Å². The van der Waals surface area contributed by atoms with Crippen molar-refractivity contribution in [1.29, 1.82) is 0 Å². The summed E-state index contributed by atoms with van der Waals surface area (Å²) < 4.78 is 0. The molecular weight excluding hydrogens is 308 g/mol. The number of rotatable bonds is 0. The van der Waals surface area contributed by atoms with Crippen molar-refractivity contribution in [2.75, 3.05) is 0 Å². The number of nitrogens with one attached hydrogen (secondary N) is 4. The van der Waals surface area contributed by atoms with Crippen molar-refractivity contribution in [3.05, 3.63) is 59.2 Å². The molecule has 3 heterocycles. The van der Waals surface area contributed by atoms with E-state index in [1.54, 1.807) is 0 Å². The molecule has 0 spiro atoms. The van der Waals surface area contributed by atoms with E-state index in [0.717, 1.165) is 22.8 Å². The second kappa shape index (κ2) is 7.40. The Kier molecular flexibility index (Phi) is 4.85. The number of hydrogen-bond acceptors (Lipinski definition) is 4. The van der Waals surface area contributed by atoms with E-state index in [9.17, 15) is 9.59 Å². The molecule has 1 aliphatic heterocycles. The highest BCUT2D eigenvalue weighted by molar-refractivity contribution is 5.74. The quantitative estimate of drug-likeness (QED) is 0.574. The summed E-state index contributed by atoms with van der Waals surface area (Å²) >= 11 is 0. The number of amides is 4. The first-order valence-corrected chi connectivity index (χ1v) is 7.62. The number of aromatic nitrogens is 2. The van der Waals surface area contributed by atoms with Gasteiger partial charge in [0, 0.05) is 0 Å². The third-order valence-electron chi connectivity index (χ3n) is 3.45. The van der Waals surface area contributed by atoms with Crippen molar-refractivity contribution in [1.82, 2.24) is 31.2 Å². The molecule has 0 atom stereocenters. The molecule has 24 heavy (non-hydrogen) atoms. The van der Waals surface area contributed by atoms with Gasteiger partial charge in [0.2, 0.25) is 0 Å². The zero-order chi connectivity index (χ0) is 16.8. The molecule has 2 aromatic rings. The first kappa shape index (κ1) is 15.7. The van der Waals surface area contributed by atoms with Gasteiger partial charge in [-0.25, -0.2) is 9.59 Å². The second-order valence-electron chi connectivity index (χ2n) is 5.31. The number of carbonyl (C=O) groups excluding carboxylic acids is 2. The Bertz CT molecular complexity index is 635. The Morgan fingerprint density at radius 1 is 0.583 bits per heavy atom. The summed E-state index contributed by atoms with van der Waals surface area (Å²) in [6, 6.07) is 10.4. The van der Waals surface area contributed by atoms with Crippen molar-refractivity contribution in [2.45, 2.75) is 26.2 Å². The standard InChI is InChI=1S/C16H18N6O2/c23-15-17-7-11-3-1-4-12(21-11)8-18-16(24)20-10-14-6-2-5-13(22-14)9-19-15/h1-6H,7-10H2,(H2,17,19,23)(H2,18,20,24). The van der Waals surface area contributed by atoms with Gasteiger partial charge in [-0.1, -0.05) is 12.1 Å². The van der Waals surface area contributed by atoms with Crippen LogP contribution in [0.25, 0.3) is 0 Å². The lowest BCUT2D eigenvalue weighted by atomic mass is 10.3. The first-order chi connectivity index (χ1) is 11.7. The van der Waals surface area contributed by atoms with Crippen LogP contribution >= 0.6 is 0 Å². The van der Waals surface area contributed by atoms with Crippen LogP contribution in [0.5, 0.6) is 0 Å². The van der Waals surface area contributed by atoms with E-state index < -0.39 is 0 Å². The normalized spacial score (nSPS) is 15.5. The Balaban J connectivity index is 1.76. The lowest BCUT2D eigenvalue weighted by Crippen LogP contribution is -2.36. The summed E-state index contributed by atoms with van der Waals surface area (Å²) in [5.41, 5.74) is 2.88. The van der Waals surface area contributed by atoms with Crippen molar-refractivity contribution >= 4 is 12.1 Å². The fraction of sp³-hybridized carbons (Fsp3) is 0.250. The Labute approximate surface area is 139 Å². The minimum absolute atomic E-state index is 0.284. The summed E-state index contributed by atoms with van der Waals surface area (Å²) in [4.78, 5) is 32.5. The van der Waals surface area contributed by atoms with Gasteiger partial charge in [-0.05, 0) is 24.3 Å². The number of fused-ring (bicyclic) bond motifs is 4. The van der Waals surface area contributed by atoms with Crippen LogP contribution in [0.1, 0.15) is 22.8 Å². The van der Waals surface area contributed by atoms with Crippen molar-refractivity contribution in [3.8, 4) is 0 Å². The van der Waals surface area contributed by atoms with Gasteiger partial charge in [-0.3, -0.25) is 9.97 Å². The number of hydrogen-bond donors (Lipinski definition) is 4. The van der Waals surface area contributed by atoms with Gasteiger partial charge in [0.25, 0.3) is 0 Å². The molecule has 4 amide bonds. The summed E-state index contributed by atoms with van der Waals surface area (Å²) in [5, 5.41) is 11.0. The number of urea groups is 2. The smallest absolute Gasteiger partial charge is 0.315 e. The maximum Gasteiger partial charge on any atom is 0.315 e. The minimum atomic E-state index is -0.284. The lowest BCUT2D eigenvalue weighted by Gasteiger charge is -2.11. The Hall–Kier alpha value is -3.16. The van der Waals surface area contributed by atoms with Gasteiger partial charge >= 0.3 is 12.1 Å². The second-order valence-corrected chi connectivity index (χ2v) is 5.31. The topological polar surface area (TPSA) is 108 Å². The summed E-state index contributed by atoms with van der Waals surface area (Å²) in [7, 11) is 0. The molecule has 0 aromatic carbocycles. The predicted octanol–water partition coefficient (Wildman–Crippen LogP) is 0.789. The van der Waals surface area contributed by atoms with Gasteiger partial charge in [0.1, 0.15) is 0 Å². The van der Waals surface area contributed by atoms with Crippen LogP contribution in [0.2, 0.25) is 0 Å². The maximum absolute atomic E-state index is 11.9. The number of nitrogens with zero attached hydrogens (tertiary/aromatic N) is 2. The van der Waals surface area contributed by atoms with Crippen molar-refractivity contribution in [3.63, 3.8) is 0 Å². The lowest BCUT2D eigenvalue weighted by molar-refractivity contribution is 0.239. The molecule has 8 heteroatoms. The molecule has 4 bridgehead atoms. The molecule has 3 rings (SSSR count). The van der Waals surface area contributed by atoms with Crippen LogP contribution in [0.3, 0.4) is 0 Å². The molecule has 0 saturated heterocycles. The van der Waals surface area contributed by atoms with E-state index in [1.807, 2.05) is 36.4 Å². The van der Waals surface area contributed by atoms with E-state index >= 15 is 0 Å². The van der Waals surface area contributed by atoms with Crippen LogP contribution in [-0.2, 0) is 26.2 Å². The van der Waals surface area contributed by atoms with E-state index in [1.165, 1.54) is 0 Å². The molecule has 0 unspecified atom stereocenters. The molecule has 0 radical (unpaired) electrons. The molecule has 0 fully saturated rings. The van der Waals surface area contributed by atoms with Gasteiger partial charge in [-0.2, -0.15) is 0 Å². The van der Waals surface area contributed by atoms with Crippen LogP contribution < -0.4 is 21.3 Å². The molecule has 0 saturated carbocycles. The summed E-state index contributed by atoms with van der Waals surface area (Å²) in [5.74, 6) is 0. The highest BCUT2D eigenvalue weighted by Gasteiger charge is 2.07. The van der Waals surface area contributed by atoms with Crippen molar-refractivity contribution < 1.29 is 9.59 Å². The molecule has 8 nitrogen and oxygen atoms in total. The van der Waals surface area contributed by atoms with E-state index in [-0.39, 0.29) is 12.1 Å². The van der Waals surface area contributed by atoms with Gasteiger partial charge in [0.05, 0.1) is 49.0 Å². The van der Waals surface area contributed by atoms with Crippen LogP contribution in [0, 0.1) is 0 Å². The fourth-order valence-electron chi connectivity index (χ4n) is 2.26. The highest BCUT2D eigenvalue weighted by atomic mass is 16.2. The molecule has 2 aromatic heterocycles. The Morgan fingerprint density at radius 2 is 0.875 bits per heavy atom. The number of pyridine rings is 2. The molecule has 0 aliphatic carbocycles. The van der Waals surface area contributed by atoms with Crippen LogP contribution in [0.15, 0.2) is 36.4 Å². The highest BCUT2D eigenvalue weighted by Crippen LogP contribution is 2.02. The minimum Gasteiger partial charge on any atom is -0.333 e. The summed E-state index contributed by atoms with van der Waals surface area (Å²) in [6.45, 7) is 1.22. The summed E-state index contributed by atoms with van der Waals surface area (Å²) in [6.07, 6.45) is 0. The van der Waals surface area contributed by atoms with Crippen molar-refractivity contribution in [2.24, 2.45) is 0 Å². The molecule has 124 valence electrons. The SMILES string of the molecule is O=C1NCc2cccc(n2)CNC(=O)NCc2cccc(n2)CN1. The fourth-order valence-corrected chi connectivity index (χ4v) is 2.26. The van der Waals surface area contributed by atoms with Gasteiger partial charge < -0.3 is 21.3 Å². The maximum atomic E-state index is 11.9. The number of carbonyl (C=O) groups is 2. The van der Waals surface area contributed by atoms with Gasteiger partial charge in [-0.15, -0.1) is 0 Å². The van der Waals surface area contributed by atoms with E-state index in [4.69, 9.17) is 0 Å². The zero-order valence-corrected chi connectivity index (χ0v) is 13.0.